The number of ether oxygens (including phenoxy) is 1. The van der Waals surface area contributed by atoms with Crippen molar-refractivity contribution in [1.82, 2.24) is 4.98 Å². The Morgan fingerprint density at radius 2 is 2.62 bits per heavy atom. The van der Waals surface area contributed by atoms with Crippen molar-refractivity contribution in [2.24, 2.45) is 5.73 Å². The number of hydrogen-bond donors (Lipinski definition) is 1. The van der Waals surface area contributed by atoms with Crippen molar-refractivity contribution in [3.8, 4) is 0 Å². The second-order valence-electron chi connectivity index (χ2n) is 3.70. The summed E-state index contributed by atoms with van der Waals surface area (Å²) in [5, 5.41) is 3.19. The van der Waals surface area contributed by atoms with Crippen molar-refractivity contribution < 1.29 is 4.74 Å². The summed E-state index contributed by atoms with van der Waals surface area (Å²) in [6.45, 7) is 3.48. The van der Waals surface area contributed by atoms with E-state index in [2.05, 4.69) is 10.4 Å². The summed E-state index contributed by atoms with van der Waals surface area (Å²) >= 11 is 1.68. The quantitative estimate of drug-likeness (QED) is 0.774. The molecule has 0 aliphatic carbocycles. The minimum Gasteiger partial charge on any atom is -0.379 e. The van der Waals surface area contributed by atoms with E-state index in [-0.39, 0.29) is 5.54 Å². The molecule has 0 spiro atoms. The molecule has 0 aromatic carbocycles. The molecule has 1 aromatic heterocycles. The number of nitrogens with two attached hydrogens (primary N) is 1. The molecule has 2 N–H and O–H groups in total. The van der Waals surface area contributed by atoms with Crippen LogP contribution in [-0.2, 0) is 11.2 Å². The molecular weight excluding hydrogens is 184 g/mol. The highest BCUT2D eigenvalue weighted by Crippen LogP contribution is 2.21. The first kappa shape index (κ1) is 9.12. The van der Waals surface area contributed by atoms with Crippen LogP contribution in [0.4, 0.5) is 0 Å². The number of nitrogens with zero attached hydrogens (tertiary/aromatic N) is 1. The molecular formula is C9H14N2OS. The van der Waals surface area contributed by atoms with Crippen LogP contribution < -0.4 is 5.73 Å². The van der Waals surface area contributed by atoms with Gasteiger partial charge in [-0.25, -0.2) is 4.98 Å². The highest BCUT2D eigenvalue weighted by atomic mass is 32.1. The summed E-state index contributed by atoms with van der Waals surface area (Å²) < 4.78 is 5.29. The number of rotatable bonds is 2. The molecule has 1 aliphatic rings. The smallest absolute Gasteiger partial charge is 0.0897 e. The van der Waals surface area contributed by atoms with Crippen LogP contribution in [-0.4, -0.2) is 23.7 Å². The molecule has 2 rings (SSSR count). The first-order chi connectivity index (χ1) is 6.18. The number of thiazole rings is 1. The fraction of sp³-hybridized carbons (Fsp3) is 0.667. The van der Waals surface area contributed by atoms with Gasteiger partial charge in [0.05, 0.1) is 17.3 Å². The topological polar surface area (TPSA) is 48.1 Å². The van der Waals surface area contributed by atoms with Crippen LogP contribution in [0.5, 0.6) is 0 Å². The van der Waals surface area contributed by atoms with Crippen LogP contribution in [0.2, 0.25) is 0 Å². The molecule has 1 atom stereocenters. The molecule has 1 aliphatic heterocycles. The Balaban J connectivity index is 2.04. The number of aromatic nitrogens is 1. The lowest BCUT2D eigenvalue weighted by Crippen LogP contribution is -2.42. The molecule has 3 nitrogen and oxygen atoms in total. The second kappa shape index (κ2) is 3.36. The van der Waals surface area contributed by atoms with E-state index in [4.69, 9.17) is 10.5 Å². The predicted molar refractivity (Wildman–Crippen MR) is 52.9 cm³/mol. The average Bonchev–Trinajstić information content (AvgIpc) is 2.62. The van der Waals surface area contributed by atoms with Gasteiger partial charge in [-0.15, -0.1) is 11.3 Å². The molecule has 0 saturated carbocycles. The van der Waals surface area contributed by atoms with E-state index < -0.39 is 0 Å². The van der Waals surface area contributed by atoms with Crippen LogP contribution in [0.25, 0.3) is 0 Å². The average molecular weight is 198 g/mol. The normalized spacial score (nSPS) is 28.2. The first-order valence-corrected chi connectivity index (χ1v) is 5.34. The van der Waals surface area contributed by atoms with Crippen molar-refractivity contribution in [2.45, 2.75) is 25.3 Å². The number of aryl methyl sites for hydroxylation is 1. The maximum atomic E-state index is 6.14. The van der Waals surface area contributed by atoms with E-state index in [1.807, 2.05) is 6.92 Å². The number of hydrogen-bond acceptors (Lipinski definition) is 4. The summed E-state index contributed by atoms with van der Waals surface area (Å²) in [5.74, 6) is 0. The van der Waals surface area contributed by atoms with Gasteiger partial charge in [-0.3, -0.25) is 0 Å². The summed E-state index contributed by atoms with van der Waals surface area (Å²) in [5.41, 5.74) is 7.08. The zero-order valence-electron chi connectivity index (χ0n) is 7.75. The highest BCUT2D eigenvalue weighted by molar-refractivity contribution is 7.09. The summed E-state index contributed by atoms with van der Waals surface area (Å²) in [6.07, 6.45) is 1.79. The molecule has 1 unspecified atom stereocenters. The maximum absolute atomic E-state index is 6.14. The van der Waals surface area contributed by atoms with Gasteiger partial charge in [0.2, 0.25) is 0 Å². The van der Waals surface area contributed by atoms with Crippen molar-refractivity contribution >= 4 is 11.3 Å². The van der Waals surface area contributed by atoms with Crippen LogP contribution in [0.3, 0.4) is 0 Å². The molecule has 2 heterocycles. The van der Waals surface area contributed by atoms with Gasteiger partial charge in [0.15, 0.2) is 0 Å². The lowest BCUT2D eigenvalue weighted by molar-refractivity contribution is 0.178. The zero-order valence-corrected chi connectivity index (χ0v) is 8.56. The third kappa shape index (κ3) is 2.07. The monoisotopic (exact) mass is 198 g/mol. The molecule has 13 heavy (non-hydrogen) atoms. The van der Waals surface area contributed by atoms with Crippen LogP contribution >= 0.6 is 11.3 Å². The van der Waals surface area contributed by atoms with Gasteiger partial charge in [-0.1, -0.05) is 0 Å². The van der Waals surface area contributed by atoms with E-state index >= 15 is 0 Å². The third-order valence-corrected chi connectivity index (χ3v) is 3.16. The van der Waals surface area contributed by atoms with E-state index in [0.717, 1.165) is 30.2 Å². The molecule has 72 valence electrons. The molecule has 0 bridgehead atoms. The van der Waals surface area contributed by atoms with Gasteiger partial charge in [0.25, 0.3) is 0 Å². The predicted octanol–water partition coefficient (Wildman–Crippen LogP) is 1.11. The summed E-state index contributed by atoms with van der Waals surface area (Å²) in [6, 6.07) is 0. The van der Waals surface area contributed by atoms with Gasteiger partial charge >= 0.3 is 0 Å². The third-order valence-electron chi connectivity index (χ3n) is 2.33. The minimum absolute atomic E-state index is 0.166. The Hall–Kier alpha value is -0.450. The standard InChI is InChI=1S/C9H14N2OS/c1-7-11-8(5-13-7)4-9(10)2-3-12-6-9/h5H,2-4,6,10H2,1H3. The molecule has 1 aromatic rings. The first-order valence-electron chi connectivity index (χ1n) is 4.46. The van der Waals surface area contributed by atoms with E-state index in [9.17, 15) is 0 Å². The van der Waals surface area contributed by atoms with Crippen molar-refractivity contribution in [3.63, 3.8) is 0 Å². The van der Waals surface area contributed by atoms with Crippen LogP contribution in [0.15, 0.2) is 5.38 Å². The van der Waals surface area contributed by atoms with Crippen LogP contribution in [0, 0.1) is 6.92 Å². The van der Waals surface area contributed by atoms with Crippen molar-refractivity contribution in [2.75, 3.05) is 13.2 Å². The van der Waals surface area contributed by atoms with Gasteiger partial charge in [-0.2, -0.15) is 0 Å². The molecule has 0 amide bonds. The fourth-order valence-electron chi connectivity index (χ4n) is 1.61. The lowest BCUT2D eigenvalue weighted by Gasteiger charge is -2.19. The van der Waals surface area contributed by atoms with Crippen molar-refractivity contribution in [3.05, 3.63) is 16.1 Å². The second-order valence-corrected chi connectivity index (χ2v) is 4.76. The van der Waals surface area contributed by atoms with Gasteiger partial charge < -0.3 is 10.5 Å². The van der Waals surface area contributed by atoms with Crippen molar-refractivity contribution in [1.29, 1.82) is 0 Å². The molecule has 1 saturated heterocycles. The largest absolute Gasteiger partial charge is 0.379 e. The van der Waals surface area contributed by atoms with E-state index in [0.29, 0.717) is 6.61 Å². The van der Waals surface area contributed by atoms with Gasteiger partial charge in [0, 0.05) is 23.9 Å². The lowest BCUT2D eigenvalue weighted by atomic mass is 9.94. The van der Waals surface area contributed by atoms with Gasteiger partial charge in [-0.05, 0) is 13.3 Å². The molecule has 0 radical (unpaired) electrons. The van der Waals surface area contributed by atoms with E-state index in [1.54, 1.807) is 11.3 Å². The van der Waals surface area contributed by atoms with E-state index in [1.165, 1.54) is 0 Å². The van der Waals surface area contributed by atoms with Gasteiger partial charge in [0.1, 0.15) is 0 Å². The highest BCUT2D eigenvalue weighted by Gasteiger charge is 2.31. The zero-order chi connectivity index (χ0) is 9.31. The minimum atomic E-state index is -0.166. The fourth-order valence-corrected chi connectivity index (χ4v) is 2.23. The summed E-state index contributed by atoms with van der Waals surface area (Å²) in [4.78, 5) is 4.40. The van der Waals surface area contributed by atoms with Crippen LogP contribution in [0.1, 0.15) is 17.1 Å². The Labute approximate surface area is 81.9 Å². The maximum Gasteiger partial charge on any atom is 0.0897 e. The Kier molecular flexibility index (Phi) is 2.36. The SMILES string of the molecule is Cc1nc(CC2(N)CCOC2)cs1. The Morgan fingerprint density at radius 3 is 3.15 bits per heavy atom. The molecule has 1 fully saturated rings. The Bertz CT molecular complexity index is 292. The Morgan fingerprint density at radius 1 is 1.77 bits per heavy atom. The molecule has 4 heteroatoms. The summed E-state index contributed by atoms with van der Waals surface area (Å²) in [7, 11) is 0.